The van der Waals surface area contributed by atoms with E-state index in [0.29, 0.717) is 0 Å². The van der Waals surface area contributed by atoms with E-state index in [9.17, 15) is 4.79 Å². The second kappa shape index (κ2) is 7.10. The van der Waals surface area contributed by atoms with E-state index in [4.69, 9.17) is 9.47 Å². The van der Waals surface area contributed by atoms with Gasteiger partial charge in [0.15, 0.2) is 0 Å². The summed E-state index contributed by atoms with van der Waals surface area (Å²) in [6.07, 6.45) is 6.25. The fourth-order valence-corrected chi connectivity index (χ4v) is 2.31. The lowest BCUT2D eigenvalue weighted by Crippen LogP contribution is -2.20. The lowest BCUT2D eigenvalue weighted by molar-refractivity contribution is -0.135. The zero-order chi connectivity index (χ0) is 14.4. The van der Waals surface area contributed by atoms with Gasteiger partial charge < -0.3 is 14.2 Å². The molecule has 1 saturated heterocycles. The van der Waals surface area contributed by atoms with Crippen molar-refractivity contribution < 1.29 is 19.0 Å². The molecule has 0 aromatic heterocycles. The quantitative estimate of drug-likeness (QED) is 0.626. The predicted octanol–water partition coefficient (Wildman–Crippen LogP) is 3.03. The molecule has 108 valence electrons. The molecule has 2 atom stereocenters. The van der Waals surface area contributed by atoms with Crippen molar-refractivity contribution in [3.63, 3.8) is 0 Å². The fourth-order valence-electron chi connectivity index (χ4n) is 2.31. The Morgan fingerprint density at radius 2 is 2.00 bits per heavy atom. The Balaban J connectivity index is 1.98. The Hall–Kier alpha value is -1.81. The smallest absolute Gasteiger partial charge is 0.330 e. The third-order valence-corrected chi connectivity index (χ3v) is 3.43. The third kappa shape index (κ3) is 3.84. The number of hydrogen-bond donors (Lipinski definition) is 0. The summed E-state index contributed by atoms with van der Waals surface area (Å²) >= 11 is 0. The summed E-state index contributed by atoms with van der Waals surface area (Å²) in [5.41, 5.74) is 1.14. The summed E-state index contributed by atoms with van der Waals surface area (Å²) < 4.78 is 15.7. The highest BCUT2D eigenvalue weighted by molar-refractivity contribution is 5.81. The SMILES string of the molecule is COC(=O)/C=C/[C@@H]1CCC[C@H](c2ccc(OC)cc2)O1. The lowest BCUT2D eigenvalue weighted by atomic mass is 9.98. The molecule has 1 aliphatic rings. The molecule has 0 N–H and O–H groups in total. The van der Waals surface area contributed by atoms with Crippen LogP contribution in [0.15, 0.2) is 36.4 Å². The van der Waals surface area contributed by atoms with Gasteiger partial charge in [-0.3, -0.25) is 0 Å². The maximum atomic E-state index is 11.1. The zero-order valence-corrected chi connectivity index (χ0v) is 11.9. The first-order valence-corrected chi connectivity index (χ1v) is 6.78. The molecule has 0 bridgehead atoms. The molecular weight excluding hydrogens is 256 g/mol. The van der Waals surface area contributed by atoms with E-state index in [2.05, 4.69) is 4.74 Å². The number of esters is 1. The molecule has 1 aromatic rings. The molecule has 0 saturated carbocycles. The number of ether oxygens (including phenoxy) is 3. The third-order valence-electron chi connectivity index (χ3n) is 3.43. The van der Waals surface area contributed by atoms with Crippen molar-refractivity contribution in [3.8, 4) is 5.75 Å². The van der Waals surface area contributed by atoms with Crippen LogP contribution in [0.2, 0.25) is 0 Å². The fraction of sp³-hybridized carbons (Fsp3) is 0.438. The van der Waals surface area contributed by atoms with Crippen molar-refractivity contribution in [1.29, 1.82) is 0 Å². The molecule has 1 aliphatic heterocycles. The Morgan fingerprint density at radius 3 is 2.65 bits per heavy atom. The van der Waals surface area contributed by atoms with Gasteiger partial charge in [0.1, 0.15) is 5.75 Å². The molecule has 2 rings (SSSR count). The number of benzene rings is 1. The van der Waals surface area contributed by atoms with Gasteiger partial charge in [-0.05, 0) is 43.0 Å². The molecule has 0 spiro atoms. The van der Waals surface area contributed by atoms with Gasteiger partial charge in [-0.25, -0.2) is 4.79 Å². The van der Waals surface area contributed by atoms with Crippen LogP contribution in [-0.4, -0.2) is 26.3 Å². The molecule has 0 amide bonds. The highest BCUT2D eigenvalue weighted by atomic mass is 16.5. The summed E-state index contributed by atoms with van der Waals surface area (Å²) in [6.45, 7) is 0. The largest absolute Gasteiger partial charge is 0.497 e. The maximum Gasteiger partial charge on any atom is 0.330 e. The monoisotopic (exact) mass is 276 g/mol. The first-order chi connectivity index (χ1) is 9.72. The molecule has 20 heavy (non-hydrogen) atoms. The summed E-state index contributed by atoms with van der Waals surface area (Å²) in [6, 6.07) is 7.92. The number of carbonyl (C=O) groups is 1. The zero-order valence-electron chi connectivity index (χ0n) is 11.9. The number of methoxy groups -OCH3 is 2. The Labute approximate surface area is 119 Å². The van der Waals surface area contributed by atoms with Gasteiger partial charge in [0, 0.05) is 6.08 Å². The van der Waals surface area contributed by atoms with Crippen LogP contribution in [0.3, 0.4) is 0 Å². The van der Waals surface area contributed by atoms with Crippen molar-refractivity contribution in [3.05, 3.63) is 42.0 Å². The summed E-state index contributed by atoms with van der Waals surface area (Å²) in [7, 11) is 3.02. The summed E-state index contributed by atoms with van der Waals surface area (Å²) in [4.78, 5) is 11.1. The predicted molar refractivity (Wildman–Crippen MR) is 75.6 cm³/mol. The molecule has 0 radical (unpaired) electrons. The van der Waals surface area contributed by atoms with Crippen LogP contribution >= 0.6 is 0 Å². The van der Waals surface area contributed by atoms with E-state index in [1.807, 2.05) is 24.3 Å². The van der Waals surface area contributed by atoms with Gasteiger partial charge in [-0.1, -0.05) is 12.1 Å². The molecule has 4 nitrogen and oxygen atoms in total. The first-order valence-electron chi connectivity index (χ1n) is 6.78. The van der Waals surface area contributed by atoms with Gasteiger partial charge in [0.25, 0.3) is 0 Å². The van der Waals surface area contributed by atoms with E-state index in [1.54, 1.807) is 13.2 Å². The summed E-state index contributed by atoms with van der Waals surface area (Å²) in [5.74, 6) is 0.492. The summed E-state index contributed by atoms with van der Waals surface area (Å²) in [5, 5.41) is 0. The minimum atomic E-state index is -0.347. The van der Waals surface area contributed by atoms with Crippen LogP contribution in [0.1, 0.15) is 30.9 Å². The van der Waals surface area contributed by atoms with Gasteiger partial charge in [0.05, 0.1) is 26.4 Å². The van der Waals surface area contributed by atoms with Crippen LogP contribution in [-0.2, 0) is 14.3 Å². The van der Waals surface area contributed by atoms with Crippen molar-refractivity contribution in [2.24, 2.45) is 0 Å². The van der Waals surface area contributed by atoms with Crippen LogP contribution in [0, 0.1) is 0 Å². The minimum absolute atomic E-state index is 0.0325. The lowest BCUT2D eigenvalue weighted by Gasteiger charge is -2.28. The highest BCUT2D eigenvalue weighted by Gasteiger charge is 2.22. The van der Waals surface area contributed by atoms with E-state index in [0.717, 1.165) is 30.6 Å². The normalized spacial score (nSPS) is 22.7. The van der Waals surface area contributed by atoms with E-state index >= 15 is 0 Å². The average molecular weight is 276 g/mol. The van der Waals surface area contributed by atoms with Crippen LogP contribution in [0.4, 0.5) is 0 Å². The van der Waals surface area contributed by atoms with Gasteiger partial charge in [0.2, 0.25) is 0 Å². The van der Waals surface area contributed by atoms with Crippen LogP contribution in [0.25, 0.3) is 0 Å². The molecule has 0 unspecified atom stereocenters. The van der Waals surface area contributed by atoms with Crippen LogP contribution < -0.4 is 4.74 Å². The highest BCUT2D eigenvalue weighted by Crippen LogP contribution is 2.32. The topological polar surface area (TPSA) is 44.8 Å². The Kier molecular flexibility index (Phi) is 5.18. The van der Waals surface area contributed by atoms with Crippen LogP contribution in [0.5, 0.6) is 5.75 Å². The van der Waals surface area contributed by atoms with E-state index < -0.39 is 0 Å². The van der Waals surface area contributed by atoms with Gasteiger partial charge in [-0.15, -0.1) is 0 Å². The molecule has 1 fully saturated rings. The molecular formula is C16H20O4. The standard InChI is InChI=1S/C16H20O4/c1-18-13-8-6-12(7-9-13)15-5-3-4-14(20-15)10-11-16(17)19-2/h6-11,14-15H,3-5H2,1-2H3/b11-10+/t14-,15+/m0/s1. The number of hydrogen-bond acceptors (Lipinski definition) is 4. The molecule has 1 heterocycles. The van der Waals surface area contributed by atoms with Crippen molar-refractivity contribution in [1.82, 2.24) is 0 Å². The minimum Gasteiger partial charge on any atom is -0.497 e. The maximum absolute atomic E-state index is 11.1. The van der Waals surface area contributed by atoms with Crippen molar-refractivity contribution >= 4 is 5.97 Å². The second-order valence-electron chi connectivity index (χ2n) is 4.75. The van der Waals surface area contributed by atoms with E-state index in [-0.39, 0.29) is 18.2 Å². The molecule has 0 aliphatic carbocycles. The Morgan fingerprint density at radius 1 is 1.25 bits per heavy atom. The average Bonchev–Trinajstić information content (AvgIpc) is 2.53. The molecule has 1 aromatic carbocycles. The van der Waals surface area contributed by atoms with Crippen molar-refractivity contribution in [2.45, 2.75) is 31.5 Å². The number of carbonyl (C=O) groups excluding carboxylic acids is 1. The number of rotatable bonds is 4. The second-order valence-corrected chi connectivity index (χ2v) is 4.75. The van der Waals surface area contributed by atoms with Gasteiger partial charge in [-0.2, -0.15) is 0 Å². The first kappa shape index (κ1) is 14.6. The van der Waals surface area contributed by atoms with Gasteiger partial charge >= 0.3 is 5.97 Å². The van der Waals surface area contributed by atoms with E-state index in [1.165, 1.54) is 13.2 Å². The Bertz CT molecular complexity index is 464. The van der Waals surface area contributed by atoms with Crippen molar-refractivity contribution in [2.75, 3.05) is 14.2 Å². The molecule has 4 heteroatoms.